The summed E-state index contributed by atoms with van der Waals surface area (Å²) in [6.07, 6.45) is 6.65. The number of nitrogens with zero attached hydrogens (tertiary/aromatic N) is 2. The quantitative estimate of drug-likeness (QED) is 0.556. The van der Waals surface area contributed by atoms with Gasteiger partial charge in [0.25, 0.3) is 5.56 Å². The molecule has 1 aromatic carbocycles. The molecular formula is C23H26N2O3S. The lowest BCUT2D eigenvalue weighted by molar-refractivity contribution is -0.154. The molecule has 0 spiro atoms. The van der Waals surface area contributed by atoms with Crippen LogP contribution in [0.25, 0.3) is 21.3 Å². The zero-order chi connectivity index (χ0) is 20.5. The highest BCUT2D eigenvalue weighted by atomic mass is 32.1. The summed E-state index contributed by atoms with van der Waals surface area (Å²) in [7, 11) is 0. The van der Waals surface area contributed by atoms with Crippen LogP contribution in [0.2, 0.25) is 0 Å². The molecule has 0 amide bonds. The van der Waals surface area contributed by atoms with E-state index in [4.69, 9.17) is 4.74 Å². The van der Waals surface area contributed by atoms with Gasteiger partial charge in [0.05, 0.1) is 11.7 Å². The molecule has 3 aromatic rings. The number of hydrogen-bond acceptors (Lipinski definition) is 5. The Labute approximate surface area is 174 Å². The molecule has 4 rings (SSSR count). The SMILES string of the molecule is Cc1ccc(-c2c(C)sc3ncn([C@H](C)C(=O)OC4CCCCC4)c(=O)c23)cc1. The Balaban J connectivity index is 1.71. The molecule has 5 nitrogen and oxygen atoms in total. The van der Waals surface area contributed by atoms with Crippen LogP contribution >= 0.6 is 11.3 Å². The molecule has 6 heteroatoms. The summed E-state index contributed by atoms with van der Waals surface area (Å²) in [5.41, 5.74) is 2.88. The highest BCUT2D eigenvalue weighted by Gasteiger charge is 2.25. The highest BCUT2D eigenvalue weighted by Crippen LogP contribution is 2.35. The van der Waals surface area contributed by atoms with Crippen molar-refractivity contribution in [1.29, 1.82) is 0 Å². The van der Waals surface area contributed by atoms with Gasteiger partial charge in [0, 0.05) is 10.4 Å². The van der Waals surface area contributed by atoms with Crippen molar-refractivity contribution in [1.82, 2.24) is 9.55 Å². The molecule has 152 valence electrons. The van der Waals surface area contributed by atoms with E-state index in [0.29, 0.717) is 10.2 Å². The van der Waals surface area contributed by atoms with Crippen LogP contribution < -0.4 is 5.56 Å². The Bertz CT molecular complexity index is 1090. The molecule has 1 aliphatic rings. The van der Waals surface area contributed by atoms with E-state index in [0.717, 1.165) is 41.7 Å². The van der Waals surface area contributed by atoms with E-state index in [1.807, 2.05) is 38.1 Å². The summed E-state index contributed by atoms with van der Waals surface area (Å²) in [5.74, 6) is -0.357. The lowest BCUT2D eigenvalue weighted by Gasteiger charge is -2.24. The molecule has 1 fully saturated rings. The van der Waals surface area contributed by atoms with E-state index in [9.17, 15) is 9.59 Å². The van der Waals surface area contributed by atoms with Gasteiger partial charge in [0.2, 0.25) is 0 Å². The largest absolute Gasteiger partial charge is 0.461 e. The van der Waals surface area contributed by atoms with E-state index in [1.165, 1.54) is 34.2 Å². The molecule has 0 aliphatic heterocycles. The fraction of sp³-hybridized carbons (Fsp3) is 0.435. The maximum absolute atomic E-state index is 13.4. The molecule has 29 heavy (non-hydrogen) atoms. The monoisotopic (exact) mass is 410 g/mol. The predicted octanol–water partition coefficient (Wildman–Crippen LogP) is 5.18. The predicted molar refractivity (Wildman–Crippen MR) is 116 cm³/mol. The Morgan fingerprint density at radius 1 is 1.17 bits per heavy atom. The van der Waals surface area contributed by atoms with Gasteiger partial charge in [-0.3, -0.25) is 9.36 Å². The van der Waals surface area contributed by atoms with Gasteiger partial charge in [-0.25, -0.2) is 9.78 Å². The smallest absolute Gasteiger partial charge is 0.329 e. The minimum absolute atomic E-state index is 0.0300. The van der Waals surface area contributed by atoms with Crippen LogP contribution in [0.1, 0.15) is 55.5 Å². The van der Waals surface area contributed by atoms with Gasteiger partial charge < -0.3 is 4.74 Å². The first-order chi connectivity index (χ1) is 14.0. The van der Waals surface area contributed by atoms with Crippen LogP contribution in [0.5, 0.6) is 0 Å². The van der Waals surface area contributed by atoms with Crippen LogP contribution in [0, 0.1) is 13.8 Å². The number of benzene rings is 1. The fourth-order valence-electron chi connectivity index (χ4n) is 4.02. The summed E-state index contributed by atoms with van der Waals surface area (Å²) in [6.45, 7) is 5.76. The van der Waals surface area contributed by atoms with E-state index in [1.54, 1.807) is 6.92 Å². The fourth-order valence-corrected chi connectivity index (χ4v) is 5.02. The summed E-state index contributed by atoms with van der Waals surface area (Å²) in [5, 5.41) is 0.580. The van der Waals surface area contributed by atoms with Crippen LogP contribution in [-0.4, -0.2) is 21.6 Å². The Hall–Kier alpha value is -2.47. The average Bonchev–Trinajstić information content (AvgIpc) is 3.06. The van der Waals surface area contributed by atoms with Gasteiger partial charge in [-0.05, 0) is 52.0 Å². The summed E-state index contributed by atoms with van der Waals surface area (Å²) < 4.78 is 7.10. The van der Waals surface area contributed by atoms with Crippen LogP contribution in [0.15, 0.2) is 35.4 Å². The average molecular weight is 411 g/mol. The normalized spacial score (nSPS) is 16.1. The molecule has 0 radical (unpaired) electrons. The van der Waals surface area contributed by atoms with Gasteiger partial charge in [-0.15, -0.1) is 11.3 Å². The highest BCUT2D eigenvalue weighted by molar-refractivity contribution is 7.19. The zero-order valence-corrected chi connectivity index (χ0v) is 17.9. The first-order valence-corrected chi connectivity index (χ1v) is 11.0. The van der Waals surface area contributed by atoms with Crippen LogP contribution in [-0.2, 0) is 9.53 Å². The number of thiophene rings is 1. The molecular weight excluding hydrogens is 384 g/mol. The molecule has 2 heterocycles. The van der Waals surface area contributed by atoms with E-state index in [-0.39, 0.29) is 17.6 Å². The van der Waals surface area contributed by atoms with E-state index >= 15 is 0 Å². The van der Waals surface area contributed by atoms with Crippen molar-refractivity contribution in [3.8, 4) is 11.1 Å². The second-order valence-corrected chi connectivity index (χ2v) is 9.11. The van der Waals surface area contributed by atoms with Gasteiger partial charge in [-0.2, -0.15) is 0 Å². The van der Waals surface area contributed by atoms with Gasteiger partial charge in [0.15, 0.2) is 0 Å². The second-order valence-electron chi connectivity index (χ2n) is 7.91. The van der Waals surface area contributed by atoms with Gasteiger partial charge in [-0.1, -0.05) is 36.2 Å². The van der Waals surface area contributed by atoms with Gasteiger partial charge in [0.1, 0.15) is 17.0 Å². The van der Waals surface area contributed by atoms with Crippen molar-refractivity contribution in [2.24, 2.45) is 0 Å². The first kappa shape index (κ1) is 19.8. The summed E-state index contributed by atoms with van der Waals surface area (Å²) in [4.78, 5) is 32.3. The van der Waals surface area contributed by atoms with Crippen molar-refractivity contribution in [3.05, 3.63) is 51.4 Å². The molecule has 1 atom stereocenters. The number of ether oxygens (including phenoxy) is 1. The zero-order valence-electron chi connectivity index (χ0n) is 17.1. The number of fused-ring (bicyclic) bond motifs is 1. The molecule has 0 N–H and O–H groups in total. The van der Waals surface area contributed by atoms with E-state index < -0.39 is 6.04 Å². The third-order valence-electron chi connectivity index (χ3n) is 5.75. The molecule has 1 saturated carbocycles. The Morgan fingerprint density at radius 2 is 1.86 bits per heavy atom. The Kier molecular flexibility index (Phi) is 5.54. The molecule has 0 unspecified atom stereocenters. The maximum Gasteiger partial charge on any atom is 0.329 e. The number of carbonyl (C=O) groups excluding carboxylic acids is 1. The minimum atomic E-state index is -0.701. The maximum atomic E-state index is 13.4. The Morgan fingerprint density at radius 3 is 2.55 bits per heavy atom. The number of aryl methyl sites for hydroxylation is 2. The van der Waals surface area contributed by atoms with Crippen molar-refractivity contribution in [2.75, 3.05) is 0 Å². The lowest BCUT2D eigenvalue weighted by atomic mass is 9.98. The third kappa shape index (κ3) is 3.86. The minimum Gasteiger partial charge on any atom is -0.461 e. The number of hydrogen-bond donors (Lipinski definition) is 0. The number of rotatable bonds is 4. The molecule has 1 aliphatic carbocycles. The van der Waals surface area contributed by atoms with Crippen molar-refractivity contribution >= 4 is 27.5 Å². The number of esters is 1. The van der Waals surface area contributed by atoms with Gasteiger partial charge >= 0.3 is 5.97 Å². The van der Waals surface area contributed by atoms with Crippen molar-refractivity contribution in [2.45, 2.75) is 65.0 Å². The standard InChI is InChI=1S/C23H26N2O3S/c1-14-9-11-17(12-10-14)19-16(3)29-21-20(19)22(26)25(13-24-21)15(2)23(27)28-18-7-5-4-6-8-18/h9-13,15,18H,4-8H2,1-3H3/t15-/m1/s1. The molecule has 0 bridgehead atoms. The number of carbonyl (C=O) groups is 1. The van der Waals surface area contributed by atoms with Crippen LogP contribution in [0.4, 0.5) is 0 Å². The lowest BCUT2D eigenvalue weighted by Crippen LogP contribution is -2.32. The molecule has 0 saturated heterocycles. The van der Waals surface area contributed by atoms with Crippen LogP contribution in [0.3, 0.4) is 0 Å². The molecule has 2 aromatic heterocycles. The van der Waals surface area contributed by atoms with E-state index in [2.05, 4.69) is 4.98 Å². The first-order valence-electron chi connectivity index (χ1n) is 10.2. The third-order valence-corrected chi connectivity index (χ3v) is 6.76. The topological polar surface area (TPSA) is 61.2 Å². The summed E-state index contributed by atoms with van der Waals surface area (Å²) >= 11 is 1.51. The number of aromatic nitrogens is 2. The summed E-state index contributed by atoms with van der Waals surface area (Å²) in [6, 6.07) is 7.43. The second kappa shape index (κ2) is 8.11. The van der Waals surface area contributed by atoms with Crippen molar-refractivity contribution < 1.29 is 9.53 Å². The van der Waals surface area contributed by atoms with Crippen molar-refractivity contribution in [3.63, 3.8) is 0 Å².